The average molecular weight is 391 g/mol. The fourth-order valence-electron chi connectivity index (χ4n) is 2.60. The molecule has 146 valence electrons. The lowest BCUT2D eigenvalue weighted by Gasteiger charge is -2.07. The van der Waals surface area contributed by atoms with E-state index in [2.05, 4.69) is 11.9 Å². The van der Waals surface area contributed by atoms with Crippen molar-refractivity contribution in [1.82, 2.24) is 0 Å². The van der Waals surface area contributed by atoms with Gasteiger partial charge in [-0.1, -0.05) is 31.2 Å². The Labute approximate surface area is 166 Å². The standard InChI is InChI=1S/C21H17N3O5/c1-2-15-6-8-17(9-7-15)22-14-16-4-3-5-19(12-16)29-21-11-10-18(23(25)26)13-20(21)24(27)28/h3-14H,2H2,1H3. The normalized spacial score (nSPS) is 10.8. The Morgan fingerprint density at radius 3 is 2.38 bits per heavy atom. The van der Waals surface area contributed by atoms with E-state index in [1.54, 1.807) is 24.4 Å². The number of benzene rings is 3. The fraction of sp³-hybridized carbons (Fsp3) is 0.0952. The lowest BCUT2D eigenvalue weighted by atomic mass is 10.1. The minimum Gasteiger partial charge on any atom is -0.450 e. The zero-order chi connectivity index (χ0) is 20.8. The first kappa shape index (κ1) is 19.7. The van der Waals surface area contributed by atoms with Crippen molar-refractivity contribution >= 4 is 23.3 Å². The van der Waals surface area contributed by atoms with Gasteiger partial charge in [0, 0.05) is 12.3 Å². The molecule has 0 heterocycles. The summed E-state index contributed by atoms with van der Waals surface area (Å²) in [5.41, 5.74) is 1.92. The molecule has 0 aliphatic heterocycles. The van der Waals surface area contributed by atoms with E-state index in [0.717, 1.165) is 29.8 Å². The lowest BCUT2D eigenvalue weighted by Crippen LogP contribution is -1.96. The Bertz CT molecular complexity index is 1080. The van der Waals surface area contributed by atoms with Crippen molar-refractivity contribution in [2.24, 2.45) is 4.99 Å². The highest BCUT2D eigenvalue weighted by Gasteiger charge is 2.21. The maximum absolute atomic E-state index is 11.2. The van der Waals surface area contributed by atoms with Gasteiger partial charge in [0.25, 0.3) is 5.69 Å². The summed E-state index contributed by atoms with van der Waals surface area (Å²) in [5.74, 6) is 0.275. The van der Waals surface area contributed by atoms with Crippen LogP contribution in [-0.4, -0.2) is 16.1 Å². The predicted octanol–water partition coefficient (Wildman–Crippen LogP) is 5.61. The summed E-state index contributed by atoms with van der Waals surface area (Å²) < 4.78 is 5.60. The van der Waals surface area contributed by atoms with Gasteiger partial charge in [-0.25, -0.2) is 0 Å². The summed E-state index contributed by atoms with van der Waals surface area (Å²) in [4.78, 5) is 25.1. The molecular weight excluding hydrogens is 374 g/mol. The van der Waals surface area contributed by atoms with Gasteiger partial charge in [0.15, 0.2) is 0 Å². The van der Waals surface area contributed by atoms with Gasteiger partial charge in [0.05, 0.1) is 21.6 Å². The second-order valence-corrected chi connectivity index (χ2v) is 6.12. The zero-order valence-corrected chi connectivity index (χ0v) is 15.5. The monoisotopic (exact) mass is 391 g/mol. The van der Waals surface area contributed by atoms with Crippen molar-refractivity contribution in [3.63, 3.8) is 0 Å². The van der Waals surface area contributed by atoms with Crippen molar-refractivity contribution in [2.75, 3.05) is 0 Å². The van der Waals surface area contributed by atoms with Crippen LogP contribution in [0.1, 0.15) is 18.1 Å². The Kier molecular flexibility index (Phi) is 5.94. The molecule has 0 radical (unpaired) electrons. The summed E-state index contributed by atoms with van der Waals surface area (Å²) >= 11 is 0. The van der Waals surface area contributed by atoms with Crippen molar-refractivity contribution < 1.29 is 14.6 Å². The summed E-state index contributed by atoms with van der Waals surface area (Å²) in [6.07, 6.45) is 2.62. The van der Waals surface area contributed by atoms with E-state index in [9.17, 15) is 20.2 Å². The fourth-order valence-corrected chi connectivity index (χ4v) is 2.60. The maximum Gasteiger partial charge on any atom is 0.318 e. The molecule has 3 aromatic rings. The summed E-state index contributed by atoms with van der Waals surface area (Å²) in [6.45, 7) is 2.08. The minimum atomic E-state index is -0.715. The number of rotatable bonds is 7. The maximum atomic E-state index is 11.2. The predicted molar refractivity (Wildman–Crippen MR) is 109 cm³/mol. The summed E-state index contributed by atoms with van der Waals surface area (Å²) in [6, 6.07) is 18.0. The molecule has 3 rings (SSSR count). The van der Waals surface area contributed by atoms with E-state index in [-0.39, 0.29) is 11.4 Å². The molecule has 0 spiro atoms. The first-order valence-corrected chi connectivity index (χ1v) is 8.80. The third-order valence-corrected chi connectivity index (χ3v) is 4.14. The van der Waals surface area contributed by atoms with Gasteiger partial charge in [-0.3, -0.25) is 25.2 Å². The van der Waals surface area contributed by atoms with Crippen molar-refractivity contribution in [2.45, 2.75) is 13.3 Å². The molecule has 0 amide bonds. The van der Waals surface area contributed by atoms with Crippen LogP contribution < -0.4 is 4.74 Å². The van der Waals surface area contributed by atoms with Gasteiger partial charge < -0.3 is 4.74 Å². The Morgan fingerprint density at radius 1 is 0.966 bits per heavy atom. The van der Waals surface area contributed by atoms with Crippen LogP contribution in [0.4, 0.5) is 17.1 Å². The molecule has 0 aliphatic carbocycles. The number of non-ortho nitro benzene ring substituents is 1. The van der Waals surface area contributed by atoms with Crippen LogP contribution in [-0.2, 0) is 6.42 Å². The number of aliphatic imine (C=N–C) groups is 1. The minimum absolute atomic E-state index is 0.0788. The Hall–Kier alpha value is -4.07. The second kappa shape index (κ2) is 8.75. The molecule has 3 aromatic carbocycles. The van der Waals surface area contributed by atoms with E-state index < -0.39 is 15.5 Å². The first-order valence-electron chi connectivity index (χ1n) is 8.80. The zero-order valence-electron chi connectivity index (χ0n) is 15.5. The average Bonchev–Trinajstić information content (AvgIpc) is 2.73. The number of ether oxygens (including phenoxy) is 1. The van der Waals surface area contributed by atoms with Crippen LogP contribution in [0.3, 0.4) is 0 Å². The molecule has 0 N–H and O–H groups in total. The third-order valence-electron chi connectivity index (χ3n) is 4.14. The van der Waals surface area contributed by atoms with E-state index in [1.807, 2.05) is 30.3 Å². The van der Waals surface area contributed by atoms with Crippen LogP contribution in [0.15, 0.2) is 71.7 Å². The number of nitro groups is 2. The molecule has 8 heteroatoms. The molecule has 0 unspecified atom stereocenters. The summed E-state index contributed by atoms with van der Waals surface area (Å²) in [5, 5.41) is 22.1. The van der Waals surface area contributed by atoms with Gasteiger partial charge in [0.1, 0.15) is 5.75 Å². The van der Waals surface area contributed by atoms with Gasteiger partial charge in [-0.15, -0.1) is 0 Å². The van der Waals surface area contributed by atoms with E-state index in [1.165, 1.54) is 11.6 Å². The van der Waals surface area contributed by atoms with Gasteiger partial charge in [0.2, 0.25) is 5.75 Å². The molecule has 0 saturated heterocycles. The van der Waals surface area contributed by atoms with Crippen molar-refractivity contribution in [3.05, 3.63) is 98.1 Å². The third kappa shape index (κ3) is 5.01. The second-order valence-electron chi connectivity index (χ2n) is 6.12. The molecule has 8 nitrogen and oxygen atoms in total. The Morgan fingerprint density at radius 2 is 1.72 bits per heavy atom. The molecule has 0 fully saturated rings. The quantitative estimate of drug-likeness (QED) is 0.295. The van der Waals surface area contributed by atoms with Gasteiger partial charge in [-0.2, -0.15) is 0 Å². The van der Waals surface area contributed by atoms with Crippen LogP contribution in [0.5, 0.6) is 11.5 Å². The number of aryl methyl sites for hydroxylation is 1. The van der Waals surface area contributed by atoms with Crippen LogP contribution in [0.2, 0.25) is 0 Å². The molecule has 0 aliphatic rings. The SMILES string of the molecule is CCc1ccc(N=Cc2cccc(Oc3ccc([N+](=O)[O-])cc3[N+](=O)[O-])c2)cc1. The molecule has 0 saturated carbocycles. The highest BCUT2D eigenvalue weighted by atomic mass is 16.6. The van der Waals surface area contributed by atoms with Gasteiger partial charge in [-0.05, 0) is 47.9 Å². The van der Waals surface area contributed by atoms with Crippen LogP contribution >= 0.6 is 0 Å². The van der Waals surface area contributed by atoms with Crippen molar-refractivity contribution in [1.29, 1.82) is 0 Å². The molecule has 29 heavy (non-hydrogen) atoms. The first-order chi connectivity index (χ1) is 14.0. The summed E-state index contributed by atoms with van der Waals surface area (Å²) in [7, 11) is 0. The molecule has 0 atom stereocenters. The molecular formula is C21H17N3O5. The van der Waals surface area contributed by atoms with Gasteiger partial charge >= 0.3 is 5.69 Å². The number of nitro benzene ring substituents is 2. The highest BCUT2D eigenvalue weighted by molar-refractivity contribution is 5.82. The van der Waals surface area contributed by atoms with E-state index >= 15 is 0 Å². The lowest BCUT2D eigenvalue weighted by molar-refractivity contribution is -0.394. The Balaban J connectivity index is 1.82. The molecule has 0 aromatic heterocycles. The van der Waals surface area contributed by atoms with E-state index in [4.69, 9.17) is 4.74 Å². The largest absolute Gasteiger partial charge is 0.450 e. The number of hydrogen-bond donors (Lipinski definition) is 0. The number of hydrogen-bond acceptors (Lipinski definition) is 6. The highest BCUT2D eigenvalue weighted by Crippen LogP contribution is 2.34. The van der Waals surface area contributed by atoms with Crippen LogP contribution in [0, 0.1) is 20.2 Å². The number of nitrogens with zero attached hydrogens (tertiary/aromatic N) is 3. The van der Waals surface area contributed by atoms with Crippen molar-refractivity contribution in [3.8, 4) is 11.5 Å². The van der Waals surface area contributed by atoms with E-state index in [0.29, 0.717) is 5.75 Å². The topological polar surface area (TPSA) is 108 Å². The smallest absolute Gasteiger partial charge is 0.318 e. The van der Waals surface area contributed by atoms with Crippen LogP contribution in [0.25, 0.3) is 0 Å². The molecule has 0 bridgehead atoms.